The molecule has 0 atom stereocenters. The van der Waals surface area contributed by atoms with Gasteiger partial charge in [-0.2, -0.15) is 18.3 Å². The average Bonchev–Trinajstić information content (AvgIpc) is 2.60. The standard InChI is InChI=1S/C18H11Cl2F3N2O2/c1-2-6-27-16-14(19)7-11(8-15(16)20)10-24-25-17(26)12-4-3-5-13(9-12)18(21,22)23/h1,3-5,7-10H,6H2,(H,25,26)/b24-10-. The van der Waals surface area contributed by atoms with Crippen molar-refractivity contribution in [2.75, 3.05) is 6.61 Å². The maximum absolute atomic E-state index is 12.7. The van der Waals surface area contributed by atoms with Crippen molar-refractivity contribution < 1.29 is 22.7 Å². The van der Waals surface area contributed by atoms with Gasteiger partial charge in [-0.1, -0.05) is 35.2 Å². The molecule has 0 heterocycles. The molecule has 2 aromatic carbocycles. The minimum atomic E-state index is -4.55. The first-order valence-electron chi connectivity index (χ1n) is 7.28. The number of hydrogen-bond acceptors (Lipinski definition) is 3. The number of carbonyl (C=O) groups excluding carboxylic acids is 1. The summed E-state index contributed by atoms with van der Waals surface area (Å²) in [6, 6.07) is 6.92. The molecule has 140 valence electrons. The van der Waals surface area contributed by atoms with Crippen LogP contribution in [0.15, 0.2) is 41.5 Å². The van der Waals surface area contributed by atoms with Gasteiger partial charge < -0.3 is 4.74 Å². The number of amides is 1. The summed E-state index contributed by atoms with van der Waals surface area (Å²) >= 11 is 12.1. The molecule has 4 nitrogen and oxygen atoms in total. The third-order valence-corrected chi connectivity index (χ3v) is 3.71. The molecule has 0 saturated carbocycles. The van der Waals surface area contributed by atoms with Crippen molar-refractivity contribution in [3.8, 4) is 18.1 Å². The Hall–Kier alpha value is -2.69. The predicted molar refractivity (Wildman–Crippen MR) is 97.3 cm³/mol. The normalized spacial score (nSPS) is 11.3. The lowest BCUT2D eigenvalue weighted by molar-refractivity contribution is -0.137. The Labute approximate surface area is 162 Å². The number of ether oxygens (including phenoxy) is 1. The zero-order valence-electron chi connectivity index (χ0n) is 13.5. The molecular weight excluding hydrogens is 404 g/mol. The van der Waals surface area contributed by atoms with Crippen molar-refractivity contribution in [2.24, 2.45) is 5.10 Å². The second-order valence-corrected chi connectivity index (χ2v) is 5.90. The van der Waals surface area contributed by atoms with Gasteiger partial charge in [0.05, 0.1) is 21.8 Å². The molecular formula is C18H11Cl2F3N2O2. The highest BCUT2D eigenvalue weighted by Gasteiger charge is 2.30. The van der Waals surface area contributed by atoms with E-state index in [-0.39, 0.29) is 28.0 Å². The van der Waals surface area contributed by atoms with E-state index in [1.54, 1.807) is 0 Å². The van der Waals surface area contributed by atoms with Crippen LogP contribution >= 0.6 is 23.2 Å². The number of alkyl halides is 3. The van der Waals surface area contributed by atoms with Crippen LogP contribution < -0.4 is 10.2 Å². The van der Waals surface area contributed by atoms with E-state index in [0.29, 0.717) is 5.56 Å². The van der Waals surface area contributed by atoms with Crippen LogP contribution in [-0.4, -0.2) is 18.7 Å². The van der Waals surface area contributed by atoms with Crippen molar-refractivity contribution in [3.05, 3.63) is 63.1 Å². The van der Waals surface area contributed by atoms with Gasteiger partial charge in [0.25, 0.3) is 5.91 Å². The number of nitrogens with zero attached hydrogens (tertiary/aromatic N) is 1. The van der Waals surface area contributed by atoms with Gasteiger partial charge in [-0.25, -0.2) is 5.43 Å². The third kappa shape index (κ3) is 5.64. The number of rotatable bonds is 5. The van der Waals surface area contributed by atoms with Crippen LogP contribution in [0.2, 0.25) is 10.0 Å². The fourth-order valence-electron chi connectivity index (χ4n) is 1.97. The molecule has 0 unspecified atom stereocenters. The monoisotopic (exact) mass is 414 g/mol. The van der Waals surface area contributed by atoms with E-state index in [1.165, 1.54) is 24.4 Å². The lowest BCUT2D eigenvalue weighted by Gasteiger charge is -2.08. The van der Waals surface area contributed by atoms with E-state index in [1.807, 2.05) is 0 Å². The molecule has 1 N–H and O–H groups in total. The van der Waals surface area contributed by atoms with Crippen LogP contribution in [0, 0.1) is 12.3 Å². The highest BCUT2D eigenvalue weighted by atomic mass is 35.5. The molecule has 2 aromatic rings. The van der Waals surface area contributed by atoms with Crippen LogP contribution in [0.1, 0.15) is 21.5 Å². The topological polar surface area (TPSA) is 50.7 Å². The predicted octanol–water partition coefficient (Wildman–Crippen LogP) is 4.79. The number of hydrazone groups is 1. The maximum atomic E-state index is 12.7. The summed E-state index contributed by atoms with van der Waals surface area (Å²) in [6.45, 7) is -0.0140. The van der Waals surface area contributed by atoms with E-state index in [2.05, 4.69) is 16.4 Å². The van der Waals surface area contributed by atoms with Gasteiger partial charge in [-0.15, -0.1) is 6.42 Å². The van der Waals surface area contributed by atoms with E-state index in [9.17, 15) is 18.0 Å². The van der Waals surface area contributed by atoms with Crippen molar-refractivity contribution in [1.29, 1.82) is 0 Å². The minimum Gasteiger partial charge on any atom is -0.478 e. The summed E-state index contributed by atoms with van der Waals surface area (Å²) in [5, 5.41) is 4.05. The Morgan fingerprint density at radius 2 is 1.93 bits per heavy atom. The minimum absolute atomic E-state index is 0.0140. The fourth-order valence-corrected chi connectivity index (χ4v) is 2.59. The summed E-state index contributed by atoms with van der Waals surface area (Å²) in [5.41, 5.74) is 1.45. The summed E-state index contributed by atoms with van der Waals surface area (Å²) < 4.78 is 43.3. The number of benzene rings is 2. The van der Waals surface area contributed by atoms with Crippen molar-refractivity contribution in [1.82, 2.24) is 5.43 Å². The third-order valence-electron chi connectivity index (χ3n) is 3.15. The van der Waals surface area contributed by atoms with Gasteiger partial charge in [0, 0.05) is 5.56 Å². The van der Waals surface area contributed by atoms with Crippen molar-refractivity contribution >= 4 is 35.3 Å². The summed E-state index contributed by atoms with van der Waals surface area (Å²) in [4.78, 5) is 11.9. The van der Waals surface area contributed by atoms with Crippen molar-refractivity contribution in [2.45, 2.75) is 6.18 Å². The molecule has 0 aliphatic heterocycles. The van der Waals surface area contributed by atoms with Gasteiger partial charge in [0.2, 0.25) is 0 Å². The Morgan fingerprint density at radius 1 is 1.26 bits per heavy atom. The highest BCUT2D eigenvalue weighted by molar-refractivity contribution is 6.37. The summed E-state index contributed by atoms with van der Waals surface area (Å²) in [7, 11) is 0. The zero-order valence-corrected chi connectivity index (χ0v) is 15.0. The molecule has 0 radical (unpaired) electrons. The first-order chi connectivity index (χ1) is 12.7. The van der Waals surface area contributed by atoms with Crippen LogP contribution in [0.4, 0.5) is 13.2 Å². The first kappa shape index (κ1) is 20.6. The smallest absolute Gasteiger partial charge is 0.416 e. The Kier molecular flexibility index (Phi) is 6.72. The molecule has 0 bridgehead atoms. The SMILES string of the molecule is C#CCOc1c(Cl)cc(/C=N\NC(=O)c2cccc(C(F)(F)F)c2)cc1Cl. The Morgan fingerprint density at radius 3 is 2.52 bits per heavy atom. The molecule has 27 heavy (non-hydrogen) atoms. The fraction of sp³-hybridized carbons (Fsp3) is 0.111. The largest absolute Gasteiger partial charge is 0.478 e. The molecule has 0 saturated heterocycles. The lowest BCUT2D eigenvalue weighted by Crippen LogP contribution is -2.18. The first-order valence-corrected chi connectivity index (χ1v) is 8.04. The zero-order chi connectivity index (χ0) is 20.0. The number of nitrogens with one attached hydrogen (secondary N) is 1. The molecule has 0 aliphatic carbocycles. The average molecular weight is 415 g/mol. The number of terminal acetylenes is 1. The number of halogens is 5. The van der Waals surface area contributed by atoms with E-state index in [0.717, 1.165) is 18.2 Å². The molecule has 0 fully saturated rings. The summed E-state index contributed by atoms with van der Waals surface area (Å²) in [5.74, 6) is 1.68. The molecule has 0 aliphatic rings. The molecule has 1 amide bonds. The van der Waals surface area contributed by atoms with Gasteiger partial charge in [-0.3, -0.25) is 4.79 Å². The molecule has 0 aromatic heterocycles. The van der Waals surface area contributed by atoms with Gasteiger partial charge in [-0.05, 0) is 35.9 Å². The number of carbonyl (C=O) groups is 1. The van der Waals surface area contributed by atoms with Gasteiger partial charge in [0.15, 0.2) is 5.75 Å². The highest BCUT2D eigenvalue weighted by Crippen LogP contribution is 2.33. The van der Waals surface area contributed by atoms with E-state index < -0.39 is 17.6 Å². The Balaban J connectivity index is 2.09. The Bertz CT molecular complexity index is 899. The lowest BCUT2D eigenvalue weighted by atomic mass is 10.1. The van der Waals surface area contributed by atoms with Gasteiger partial charge >= 0.3 is 6.18 Å². The van der Waals surface area contributed by atoms with Crippen LogP contribution in [0.5, 0.6) is 5.75 Å². The number of hydrogen-bond donors (Lipinski definition) is 1. The second kappa shape index (κ2) is 8.80. The van der Waals surface area contributed by atoms with Gasteiger partial charge in [0.1, 0.15) is 6.61 Å². The van der Waals surface area contributed by atoms with Crippen LogP contribution in [0.25, 0.3) is 0 Å². The maximum Gasteiger partial charge on any atom is 0.416 e. The molecule has 0 spiro atoms. The van der Waals surface area contributed by atoms with Crippen LogP contribution in [0.3, 0.4) is 0 Å². The van der Waals surface area contributed by atoms with Crippen LogP contribution in [-0.2, 0) is 6.18 Å². The molecule has 2 rings (SSSR count). The van der Waals surface area contributed by atoms with Crippen molar-refractivity contribution in [3.63, 3.8) is 0 Å². The van der Waals surface area contributed by atoms with E-state index in [4.69, 9.17) is 34.4 Å². The summed E-state index contributed by atoms with van der Waals surface area (Å²) in [6.07, 6.45) is 1.78. The van der Waals surface area contributed by atoms with E-state index >= 15 is 0 Å². The molecule has 9 heteroatoms. The quantitative estimate of drug-likeness (QED) is 0.434. The second-order valence-electron chi connectivity index (χ2n) is 5.08.